The highest BCUT2D eigenvalue weighted by Gasteiger charge is 2.33. The van der Waals surface area contributed by atoms with Crippen LogP contribution in [0.25, 0.3) is 10.4 Å². The summed E-state index contributed by atoms with van der Waals surface area (Å²) in [4.78, 5) is 39.2. The molecule has 4 rings (SSSR count). The largest absolute Gasteiger partial charge is 0.389 e. The minimum Gasteiger partial charge on any atom is -0.389 e. The average Bonchev–Trinajstić information content (AvgIpc) is 3.53. The average molecular weight is 550 g/mol. The molecule has 206 valence electrons. The molecule has 5 N–H and O–H groups in total. The molecule has 3 aromatic heterocycles. The number of hydrazone groups is 1. The summed E-state index contributed by atoms with van der Waals surface area (Å²) in [5, 5.41) is 19.2. The van der Waals surface area contributed by atoms with Crippen molar-refractivity contribution in [2.75, 3.05) is 10.6 Å². The van der Waals surface area contributed by atoms with Gasteiger partial charge in [0.2, 0.25) is 5.91 Å². The SMILES string of the molecule is Cc1ncc(NC(=O)CCCC2CCCC2(C)C)cc1NC(=O)C(=NN)c1ccc(-c2cnc(CO)s2)cn1. The van der Waals surface area contributed by atoms with E-state index in [0.29, 0.717) is 45.5 Å². The fraction of sp³-hybridized carbons (Fsp3) is 0.429. The third kappa shape index (κ3) is 7.04. The quantitative estimate of drug-likeness (QED) is 0.163. The summed E-state index contributed by atoms with van der Waals surface area (Å²) >= 11 is 1.36. The number of amides is 2. The monoisotopic (exact) mass is 549 g/mol. The lowest BCUT2D eigenvalue weighted by Gasteiger charge is -2.26. The topological polar surface area (TPSA) is 155 Å². The van der Waals surface area contributed by atoms with E-state index in [0.717, 1.165) is 23.3 Å². The summed E-state index contributed by atoms with van der Waals surface area (Å²) in [6.45, 7) is 6.27. The van der Waals surface area contributed by atoms with Crippen LogP contribution < -0.4 is 16.5 Å². The number of carbonyl (C=O) groups excluding carboxylic acids is 2. The molecular formula is C28H35N7O3S. The smallest absolute Gasteiger partial charge is 0.278 e. The van der Waals surface area contributed by atoms with Gasteiger partial charge in [-0.05, 0) is 62.1 Å². The number of anilines is 2. The van der Waals surface area contributed by atoms with Gasteiger partial charge in [0.05, 0.1) is 40.4 Å². The van der Waals surface area contributed by atoms with Crippen molar-refractivity contribution >= 4 is 40.2 Å². The molecule has 1 aliphatic rings. The first kappa shape index (κ1) is 28.3. The van der Waals surface area contributed by atoms with Crippen molar-refractivity contribution in [2.45, 2.75) is 65.9 Å². The zero-order valence-corrected chi connectivity index (χ0v) is 23.3. The molecule has 0 aliphatic heterocycles. The van der Waals surface area contributed by atoms with Crippen LogP contribution in [-0.4, -0.2) is 37.6 Å². The molecule has 0 bridgehead atoms. The molecule has 2 amide bonds. The second-order valence-electron chi connectivity index (χ2n) is 10.5. The summed E-state index contributed by atoms with van der Waals surface area (Å²) in [6.07, 6.45) is 10.9. The number of nitrogens with two attached hydrogens (primary N) is 1. The van der Waals surface area contributed by atoms with Crippen LogP contribution in [-0.2, 0) is 16.2 Å². The van der Waals surface area contributed by atoms with Crippen LogP contribution in [0.3, 0.4) is 0 Å². The lowest BCUT2D eigenvalue weighted by atomic mass is 9.79. The Morgan fingerprint density at radius 3 is 2.64 bits per heavy atom. The van der Waals surface area contributed by atoms with Gasteiger partial charge >= 0.3 is 0 Å². The predicted molar refractivity (Wildman–Crippen MR) is 153 cm³/mol. The zero-order chi connectivity index (χ0) is 28.0. The standard InChI is InChI=1S/C28H35N7O3S/c1-17-22(12-20(14-30-17)33-24(37)8-4-6-19-7-5-11-28(19,2)3)34-27(38)26(35-29)21-10-9-18(13-31-21)23-15-32-25(16-36)39-23/h9-10,12-15,19,36H,4-8,11,16,29H2,1-3H3,(H,33,37)(H,34,38). The first-order valence-corrected chi connectivity index (χ1v) is 13.9. The van der Waals surface area contributed by atoms with Crippen LogP contribution in [0.5, 0.6) is 0 Å². The molecule has 1 aliphatic carbocycles. The molecular weight excluding hydrogens is 514 g/mol. The van der Waals surface area contributed by atoms with Gasteiger partial charge in [-0.25, -0.2) is 4.98 Å². The number of hydrogen-bond acceptors (Lipinski definition) is 9. The fourth-order valence-corrected chi connectivity index (χ4v) is 5.78. The molecule has 1 fully saturated rings. The Bertz CT molecular complexity index is 1350. The van der Waals surface area contributed by atoms with Gasteiger partial charge in [-0.1, -0.05) is 20.3 Å². The van der Waals surface area contributed by atoms with Crippen LogP contribution in [0.15, 0.2) is 41.9 Å². The number of rotatable bonds is 10. The third-order valence-corrected chi connectivity index (χ3v) is 8.41. The van der Waals surface area contributed by atoms with Crippen LogP contribution >= 0.6 is 11.3 Å². The number of thiazole rings is 1. The number of hydrogen-bond donors (Lipinski definition) is 4. The highest BCUT2D eigenvalue weighted by atomic mass is 32.1. The van der Waals surface area contributed by atoms with Crippen molar-refractivity contribution in [3.05, 3.63) is 53.2 Å². The molecule has 3 heterocycles. The maximum Gasteiger partial charge on any atom is 0.278 e. The first-order valence-electron chi connectivity index (χ1n) is 13.1. The Hall–Kier alpha value is -3.70. The molecule has 11 heteroatoms. The van der Waals surface area contributed by atoms with E-state index in [-0.39, 0.29) is 18.2 Å². The molecule has 1 saturated carbocycles. The number of aliphatic hydroxyl groups excluding tert-OH is 1. The second kappa shape index (κ2) is 12.4. The van der Waals surface area contributed by atoms with E-state index in [1.54, 1.807) is 43.7 Å². The first-order chi connectivity index (χ1) is 18.7. The Balaban J connectivity index is 1.36. The number of aliphatic hydroxyl groups is 1. The van der Waals surface area contributed by atoms with Gasteiger partial charge in [-0.15, -0.1) is 11.3 Å². The van der Waals surface area contributed by atoms with Gasteiger partial charge in [0.1, 0.15) is 5.01 Å². The molecule has 0 radical (unpaired) electrons. The van der Waals surface area contributed by atoms with Crippen molar-refractivity contribution in [1.82, 2.24) is 15.0 Å². The lowest BCUT2D eigenvalue weighted by molar-refractivity contribution is -0.116. The summed E-state index contributed by atoms with van der Waals surface area (Å²) in [5.74, 6) is 5.60. The number of nitrogens with zero attached hydrogens (tertiary/aromatic N) is 4. The number of aromatic nitrogens is 3. The van der Waals surface area contributed by atoms with E-state index < -0.39 is 5.91 Å². The molecule has 10 nitrogen and oxygen atoms in total. The van der Waals surface area contributed by atoms with Crippen LogP contribution in [0, 0.1) is 18.3 Å². The van der Waals surface area contributed by atoms with E-state index in [4.69, 9.17) is 5.84 Å². The highest BCUT2D eigenvalue weighted by Crippen LogP contribution is 2.45. The Kier molecular flexibility index (Phi) is 9.03. The van der Waals surface area contributed by atoms with E-state index in [9.17, 15) is 14.7 Å². The van der Waals surface area contributed by atoms with Crippen molar-refractivity contribution < 1.29 is 14.7 Å². The van der Waals surface area contributed by atoms with E-state index >= 15 is 0 Å². The molecule has 0 spiro atoms. The van der Waals surface area contributed by atoms with E-state index in [1.807, 2.05) is 0 Å². The minimum absolute atomic E-state index is 0.0504. The maximum absolute atomic E-state index is 13.0. The Labute approximate surface area is 232 Å². The number of nitrogens with one attached hydrogen (secondary N) is 2. The minimum atomic E-state index is -0.550. The van der Waals surface area contributed by atoms with Crippen molar-refractivity contribution in [1.29, 1.82) is 0 Å². The van der Waals surface area contributed by atoms with Crippen molar-refractivity contribution in [3.63, 3.8) is 0 Å². The maximum atomic E-state index is 13.0. The summed E-state index contributed by atoms with van der Waals surface area (Å²) in [6, 6.07) is 5.10. The Morgan fingerprint density at radius 2 is 2.00 bits per heavy atom. The van der Waals surface area contributed by atoms with Gasteiger partial charge in [0.25, 0.3) is 5.91 Å². The van der Waals surface area contributed by atoms with Gasteiger partial charge < -0.3 is 21.6 Å². The van der Waals surface area contributed by atoms with Gasteiger partial charge in [0.15, 0.2) is 5.71 Å². The van der Waals surface area contributed by atoms with E-state index in [1.165, 1.54) is 30.6 Å². The number of carbonyl (C=O) groups is 2. The molecule has 1 unspecified atom stereocenters. The molecule has 3 aromatic rings. The molecule has 0 saturated heterocycles. The van der Waals surface area contributed by atoms with Crippen LogP contribution in [0.1, 0.15) is 68.8 Å². The Morgan fingerprint density at radius 1 is 1.18 bits per heavy atom. The number of pyridine rings is 2. The van der Waals surface area contributed by atoms with Gasteiger partial charge in [-0.3, -0.25) is 19.6 Å². The highest BCUT2D eigenvalue weighted by molar-refractivity contribution is 7.15. The normalized spacial score (nSPS) is 16.7. The van der Waals surface area contributed by atoms with Crippen LogP contribution in [0.4, 0.5) is 11.4 Å². The van der Waals surface area contributed by atoms with Gasteiger partial charge in [0, 0.05) is 24.4 Å². The van der Waals surface area contributed by atoms with Gasteiger partial charge in [-0.2, -0.15) is 5.10 Å². The van der Waals surface area contributed by atoms with Crippen molar-refractivity contribution in [2.24, 2.45) is 22.3 Å². The van der Waals surface area contributed by atoms with E-state index in [2.05, 4.69) is 44.5 Å². The molecule has 1 atom stereocenters. The van der Waals surface area contributed by atoms with Crippen molar-refractivity contribution in [3.8, 4) is 10.4 Å². The third-order valence-electron chi connectivity index (χ3n) is 7.38. The zero-order valence-electron chi connectivity index (χ0n) is 22.5. The number of aryl methyl sites for hydroxylation is 1. The molecule has 0 aromatic carbocycles. The summed E-state index contributed by atoms with van der Waals surface area (Å²) in [7, 11) is 0. The van der Waals surface area contributed by atoms with Crippen LogP contribution in [0.2, 0.25) is 0 Å². The fourth-order valence-electron chi connectivity index (χ4n) is 5.01. The summed E-state index contributed by atoms with van der Waals surface area (Å²) in [5.41, 5.74) is 2.92. The lowest BCUT2D eigenvalue weighted by Crippen LogP contribution is -2.26. The second-order valence-corrected chi connectivity index (χ2v) is 11.6. The predicted octanol–water partition coefficient (Wildman–Crippen LogP) is 4.64. The molecule has 39 heavy (non-hydrogen) atoms. The summed E-state index contributed by atoms with van der Waals surface area (Å²) < 4.78 is 0.